The topological polar surface area (TPSA) is 81.8 Å². The Balaban J connectivity index is 1.37. The Hall–Kier alpha value is -2.87. The molecule has 3 aromatic rings. The summed E-state index contributed by atoms with van der Waals surface area (Å²) in [6.45, 7) is 2.75. The molecule has 8 heteroatoms. The van der Waals surface area contributed by atoms with Crippen LogP contribution >= 0.6 is 11.8 Å². The zero-order valence-electron chi connectivity index (χ0n) is 16.8. The van der Waals surface area contributed by atoms with E-state index in [1.807, 2.05) is 24.3 Å². The van der Waals surface area contributed by atoms with E-state index in [0.717, 1.165) is 35.7 Å². The summed E-state index contributed by atoms with van der Waals surface area (Å²) in [6, 6.07) is 7.58. The van der Waals surface area contributed by atoms with Gasteiger partial charge in [0.05, 0.1) is 17.4 Å². The number of nitrogens with one attached hydrogen (secondary N) is 1. The SMILES string of the molecule is Cc1cnc2n(c1=O)C(CC(=O)Nc1ccccc1-c1cn3c(n1)CCCC3)CS2. The van der Waals surface area contributed by atoms with Crippen molar-refractivity contribution in [1.29, 1.82) is 0 Å². The smallest absolute Gasteiger partial charge is 0.257 e. The highest BCUT2D eigenvalue weighted by Crippen LogP contribution is 2.33. The zero-order chi connectivity index (χ0) is 20.7. The minimum absolute atomic E-state index is 0.0632. The molecule has 2 aliphatic heterocycles. The van der Waals surface area contributed by atoms with Crippen LogP contribution in [0.3, 0.4) is 0 Å². The number of thioether (sulfide) groups is 1. The first-order valence-corrected chi connectivity index (χ1v) is 11.2. The lowest BCUT2D eigenvalue weighted by molar-refractivity contribution is -0.116. The molecule has 154 valence electrons. The molecule has 0 fully saturated rings. The number of benzene rings is 1. The monoisotopic (exact) mass is 421 g/mol. The maximum atomic E-state index is 12.9. The summed E-state index contributed by atoms with van der Waals surface area (Å²) in [5, 5.41) is 3.74. The normalized spacial score (nSPS) is 17.4. The average molecular weight is 422 g/mol. The van der Waals surface area contributed by atoms with E-state index in [-0.39, 0.29) is 23.9 Å². The van der Waals surface area contributed by atoms with Gasteiger partial charge in [-0.25, -0.2) is 9.97 Å². The van der Waals surface area contributed by atoms with Crippen molar-refractivity contribution >= 4 is 23.4 Å². The summed E-state index contributed by atoms with van der Waals surface area (Å²) in [6.07, 6.45) is 7.26. The fourth-order valence-electron chi connectivity index (χ4n) is 4.14. The third-order valence-electron chi connectivity index (χ3n) is 5.71. The van der Waals surface area contributed by atoms with E-state index in [9.17, 15) is 9.59 Å². The molecular formula is C22H23N5O2S. The van der Waals surface area contributed by atoms with Crippen LogP contribution in [-0.2, 0) is 17.8 Å². The first-order chi connectivity index (χ1) is 14.6. The van der Waals surface area contributed by atoms with Crippen molar-refractivity contribution in [3.63, 3.8) is 0 Å². The van der Waals surface area contributed by atoms with Crippen molar-refractivity contribution in [3.05, 3.63) is 58.4 Å². The van der Waals surface area contributed by atoms with Crippen LogP contribution < -0.4 is 10.9 Å². The minimum atomic E-state index is -0.183. The van der Waals surface area contributed by atoms with Gasteiger partial charge in [0.15, 0.2) is 5.16 Å². The van der Waals surface area contributed by atoms with E-state index in [1.54, 1.807) is 17.7 Å². The van der Waals surface area contributed by atoms with E-state index in [1.165, 1.54) is 24.6 Å². The maximum absolute atomic E-state index is 12.9. The third kappa shape index (κ3) is 3.45. The molecule has 0 radical (unpaired) electrons. The fourth-order valence-corrected chi connectivity index (χ4v) is 5.25. The lowest BCUT2D eigenvalue weighted by atomic mass is 10.1. The summed E-state index contributed by atoms with van der Waals surface area (Å²) < 4.78 is 3.88. The number of anilines is 1. The van der Waals surface area contributed by atoms with Gasteiger partial charge in [0.2, 0.25) is 5.91 Å². The lowest BCUT2D eigenvalue weighted by Crippen LogP contribution is -2.28. The second-order valence-corrected chi connectivity index (χ2v) is 8.84. The van der Waals surface area contributed by atoms with E-state index in [4.69, 9.17) is 4.98 Å². The summed E-state index contributed by atoms with van der Waals surface area (Å²) in [5.41, 5.74) is 3.09. The van der Waals surface area contributed by atoms with Crippen LogP contribution in [-0.4, -0.2) is 30.8 Å². The number of nitrogens with zero attached hydrogens (tertiary/aromatic N) is 4. The fraction of sp³-hybridized carbons (Fsp3) is 0.364. The molecule has 1 unspecified atom stereocenters. The van der Waals surface area contributed by atoms with Crippen LogP contribution in [0.2, 0.25) is 0 Å². The van der Waals surface area contributed by atoms with Crippen LogP contribution in [0.4, 0.5) is 5.69 Å². The van der Waals surface area contributed by atoms with Crippen LogP contribution in [0, 0.1) is 6.92 Å². The molecule has 1 aromatic carbocycles. The molecular weight excluding hydrogens is 398 g/mol. The van der Waals surface area contributed by atoms with Crippen molar-refractivity contribution < 1.29 is 4.79 Å². The summed E-state index contributed by atoms with van der Waals surface area (Å²) in [5.74, 6) is 1.67. The molecule has 30 heavy (non-hydrogen) atoms. The number of rotatable bonds is 4. The Bertz CT molecular complexity index is 1160. The number of carbonyl (C=O) groups is 1. The summed E-state index contributed by atoms with van der Waals surface area (Å²) in [7, 11) is 0. The molecule has 5 rings (SSSR count). The van der Waals surface area contributed by atoms with Gasteiger partial charge in [0.25, 0.3) is 5.56 Å². The molecule has 1 N–H and O–H groups in total. The largest absolute Gasteiger partial charge is 0.334 e. The van der Waals surface area contributed by atoms with Gasteiger partial charge in [-0.05, 0) is 25.8 Å². The summed E-state index contributed by atoms with van der Waals surface area (Å²) >= 11 is 1.52. The molecule has 4 heterocycles. The molecule has 0 saturated heterocycles. The van der Waals surface area contributed by atoms with E-state index < -0.39 is 0 Å². The quantitative estimate of drug-likeness (QED) is 0.653. The van der Waals surface area contributed by atoms with Crippen LogP contribution in [0.5, 0.6) is 0 Å². The number of aryl methyl sites for hydroxylation is 3. The number of aromatic nitrogens is 4. The predicted molar refractivity (Wildman–Crippen MR) is 117 cm³/mol. The van der Waals surface area contributed by atoms with E-state index in [0.29, 0.717) is 16.5 Å². The molecule has 1 amide bonds. The molecule has 0 bridgehead atoms. The minimum Gasteiger partial charge on any atom is -0.334 e. The van der Waals surface area contributed by atoms with Gasteiger partial charge in [0.1, 0.15) is 5.82 Å². The first kappa shape index (κ1) is 19.1. The van der Waals surface area contributed by atoms with Gasteiger partial charge >= 0.3 is 0 Å². The molecule has 0 spiro atoms. The molecule has 7 nitrogen and oxygen atoms in total. The third-order valence-corrected chi connectivity index (χ3v) is 6.82. The van der Waals surface area contributed by atoms with Crippen molar-refractivity contribution in [2.75, 3.05) is 11.1 Å². The molecule has 2 aliphatic rings. The second kappa shape index (κ2) is 7.75. The van der Waals surface area contributed by atoms with Crippen molar-refractivity contribution in [2.24, 2.45) is 0 Å². The predicted octanol–water partition coefficient (Wildman–Crippen LogP) is 3.43. The van der Waals surface area contributed by atoms with Gasteiger partial charge in [0, 0.05) is 48.7 Å². The molecule has 1 atom stereocenters. The number of carbonyl (C=O) groups excluding carboxylic acids is 1. The highest BCUT2D eigenvalue weighted by molar-refractivity contribution is 7.99. The highest BCUT2D eigenvalue weighted by atomic mass is 32.2. The Kier molecular flexibility index (Phi) is 4.94. The Morgan fingerprint density at radius 2 is 2.17 bits per heavy atom. The zero-order valence-corrected chi connectivity index (χ0v) is 17.6. The first-order valence-electron chi connectivity index (χ1n) is 10.3. The van der Waals surface area contributed by atoms with Crippen LogP contribution in [0.25, 0.3) is 11.3 Å². The molecule has 2 aromatic heterocycles. The highest BCUT2D eigenvalue weighted by Gasteiger charge is 2.28. The van der Waals surface area contributed by atoms with E-state index in [2.05, 4.69) is 21.1 Å². The number of hydrogen-bond donors (Lipinski definition) is 1. The molecule has 0 saturated carbocycles. The second-order valence-electron chi connectivity index (χ2n) is 7.85. The number of amides is 1. The Morgan fingerprint density at radius 1 is 1.30 bits per heavy atom. The van der Waals surface area contributed by atoms with Gasteiger partial charge in [-0.15, -0.1) is 0 Å². The maximum Gasteiger partial charge on any atom is 0.257 e. The average Bonchev–Trinajstić information content (AvgIpc) is 3.35. The summed E-state index contributed by atoms with van der Waals surface area (Å²) in [4.78, 5) is 34.5. The van der Waals surface area contributed by atoms with Gasteiger partial charge < -0.3 is 9.88 Å². The van der Waals surface area contributed by atoms with Crippen LogP contribution in [0.1, 0.15) is 36.7 Å². The van der Waals surface area contributed by atoms with Crippen molar-refractivity contribution in [3.8, 4) is 11.3 Å². The standard InChI is InChI=1S/C22H23N5O2S/c1-14-11-23-22-27(21(14)29)15(13-30-22)10-20(28)25-17-7-3-2-6-16(17)18-12-26-9-5-4-8-19(26)24-18/h2-3,6-7,11-12,15H,4-5,8-10,13H2,1H3,(H,25,28). The Morgan fingerprint density at radius 3 is 3.03 bits per heavy atom. The van der Waals surface area contributed by atoms with Crippen LogP contribution in [0.15, 0.2) is 46.6 Å². The lowest BCUT2D eigenvalue weighted by Gasteiger charge is -2.15. The number of para-hydroxylation sites is 1. The van der Waals surface area contributed by atoms with Crippen molar-refractivity contribution in [1.82, 2.24) is 19.1 Å². The number of imidazole rings is 1. The van der Waals surface area contributed by atoms with E-state index >= 15 is 0 Å². The van der Waals surface area contributed by atoms with Gasteiger partial charge in [-0.3, -0.25) is 14.2 Å². The van der Waals surface area contributed by atoms with Gasteiger partial charge in [-0.2, -0.15) is 0 Å². The van der Waals surface area contributed by atoms with Gasteiger partial charge in [-0.1, -0.05) is 30.0 Å². The number of fused-ring (bicyclic) bond motifs is 2. The number of hydrogen-bond acceptors (Lipinski definition) is 5. The Labute approximate surface area is 178 Å². The molecule has 0 aliphatic carbocycles. The van der Waals surface area contributed by atoms with Crippen molar-refractivity contribution in [2.45, 2.75) is 50.4 Å².